The maximum absolute atomic E-state index is 13.6. The van der Waals surface area contributed by atoms with E-state index in [1.165, 1.54) is 18.2 Å². The lowest BCUT2D eigenvalue weighted by molar-refractivity contribution is 0.172. The molecule has 0 aromatic heterocycles. The fourth-order valence-corrected chi connectivity index (χ4v) is 2.53. The van der Waals surface area contributed by atoms with Gasteiger partial charge in [-0.15, -0.1) is 0 Å². The molecule has 2 aromatic carbocycles. The minimum absolute atomic E-state index is 0.0812. The average molecular weight is 357 g/mol. The molecule has 2 rings (SSSR count). The first-order chi connectivity index (χ1) is 10.0. The van der Waals surface area contributed by atoms with Crippen molar-refractivity contribution < 1.29 is 18.6 Å². The molecule has 2 nitrogen and oxygen atoms in total. The van der Waals surface area contributed by atoms with E-state index in [4.69, 9.17) is 4.74 Å². The minimum Gasteiger partial charge on any atom is -0.497 e. The Bertz CT molecular complexity index is 611. The molecule has 1 unspecified atom stereocenters. The third-order valence-corrected chi connectivity index (χ3v) is 3.98. The molecule has 0 saturated heterocycles. The fraction of sp³-hybridized carbons (Fsp3) is 0.250. The molecule has 0 radical (unpaired) electrons. The van der Waals surface area contributed by atoms with Gasteiger partial charge in [-0.25, -0.2) is 8.78 Å². The van der Waals surface area contributed by atoms with E-state index in [1.807, 2.05) is 6.07 Å². The highest BCUT2D eigenvalue weighted by Gasteiger charge is 2.15. The molecule has 0 aliphatic carbocycles. The van der Waals surface area contributed by atoms with Crippen molar-refractivity contribution in [3.05, 3.63) is 63.6 Å². The first kappa shape index (κ1) is 15.9. The summed E-state index contributed by atoms with van der Waals surface area (Å²) in [6, 6.07) is 9.06. The molecule has 0 saturated carbocycles. The number of methoxy groups -OCH3 is 1. The van der Waals surface area contributed by atoms with Gasteiger partial charge in [-0.3, -0.25) is 0 Å². The summed E-state index contributed by atoms with van der Waals surface area (Å²) >= 11 is 3.39. The topological polar surface area (TPSA) is 29.5 Å². The van der Waals surface area contributed by atoms with E-state index in [2.05, 4.69) is 15.9 Å². The number of benzene rings is 2. The molecule has 21 heavy (non-hydrogen) atoms. The molecule has 0 fully saturated rings. The quantitative estimate of drug-likeness (QED) is 0.880. The Morgan fingerprint density at radius 1 is 1.14 bits per heavy atom. The normalized spacial score (nSPS) is 12.2. The highest BCUT2D eigenvalue weighted by Crippen LogP contribution is 2.25. The zero-order valence-electron chi connectivity index (χ0n) is 11.4. The smallest absolute Gasteiger partial charge is 0.129 e. The number of halogens is 3. The fourth-order valence-electron chi connectivity index (χ4n) is 2.12. The minimum atomic E-state index is -0.889. The summed E-state index contributed by atoms with van der Waals surface area (Å²) in [4.78, 5) is 0. The van der Waals surface area contributed by atoms with Crippen LogP contribution in [0.15, 0.2) is 40.9 Å². The van der Waals surface area contributed by atoms with Gasteiger partial charge in [0.1, 0.15) is 17.4 Å². The standard InChI is InChI=1S/C16H15BrF2O2/c1-21-12-5-6-14(17)10(8-12)7-11(20)9-13-15(18)3-2-4-16(13)19/h2-6,8,11,20H,7,9H2,1H3. The summed E-state index contributed by atoms with van der Waals surface area (Å²) < 4.78 is 33.1. The van der Waals surface area contributed by atoms with E-state index < -0.39 is 17.7 Å². The van der Waals surface area contributed by atoms with Gasteiger partial charge in [0.2, 0.25) is 0 Å². The second kappa shape index (κ2) is 7.00. The van der Waals surface area contributed by atoms with Crippen LogP contribution < -0.4 is 4.74 Å². The van der Waals surface area contributed by atoms with Crippen LogP contribution in [0.3, 0.4) is 0 Å². The zero-order valence-corrected chi connectivity index (χ0v) is 13.0. The molecule has 1 N–H and O–H groups in total. The van der Waals surface area contributed by atoms with Gasteiger partial charge < -0.3 is 9.84 Å². The molecule has 5 heteroatoms. The van der Waals surface area contributed by atoms with Crippen LogP contribution in [-0.4, -0.2) is 18.3 Å². The highest BCUT2D eigenvalue weighted by atomic mass is 79.9. The van der Waals surface area contributed by atoms with Gasteiger partial charge >= 0.3 is 0 Å². The van der Waals surface area contributed by atoms with Crippen LogP contribution in [0.2, 0.25) is 0 Å². The molecule has 112 valence electrons. The van der Waals surface area contributed by atoms with Crippen molar-refractivity contribution in [1.29, 1.82) is 0 Å². The number of aliphatic hydroxyl groups is 1. The van der Waals surface area contributed by atoms with Crippen molar-refractivity contribution in [2.45, 2.75) is 18.9 Å². The van der Waals surface area contributed by atoms with E-state index in [-0.39, 0.29) is 18.4 Å². The molecule has 2 aromatic rings. The summed E-state index contributed by atoms with van der Waals surface area (Å²) in [5, 5.41) is 10.1. The molecule has 0 amide bonds. The summed E-state index contributed by atoms with van der Waals surface area (Å²) in [6.45, 7) is 0. The number of ether oxygens (including phenoxy) is 1. The average Bonchev–Trinajstić information content (AvgIpc) is 2.45. The zero-order chi connectivity index (χ0) is 15.4. The maximum Gasteiger partial charge on any atom is 0.129 e. The van der Waals surface area contributed by atoms with Gasteiger partial charge in [0.15, 0.2) is 0 Å². The molecule has 0 heterocycles. The van der Waals surface area contributed by atoms with E-state index in [9.17, 15) is 13.9 Å². The van der Waals surface area contributed by atoms with Gasteiger partial charge in [-0.05, 0) is 42.3 Å². The molecule has 0 spiro atoms. The maximum atomic E-state index is 13.6. The first-order valence-electron chi connectivity index (χ1n) is 6.44. The summed E-state index contributed by atoms with van der Waals surface area (Å²) in [6.07, 6.45) is -0.701. The lowest BCUT2D eigenvalue weighted by Crippen LogP contribution is -2.16. The number of hydrogen-bond acceptors (Lipinski definition) is 2. The number of aliphatic hydroxyl groups excluding tert-OH is 1. The molecule has 0 aliphatic heterocycles. The molecular weight excluding hydrogens is 342 g/mol. The number of hydrogen-bond donors (Lipinski definition) is 1. The Balaban J connectivity index is 2.13. The molecular formula is C16H15BrF2O2. The van der Waals surface area contributed by atoms with Crippen LogP contribution in [0, 0.1) is 11.6 Å². The third-order valence-electron chi connectivity index (χ3n) is 3.21. The summed E-state index contributed by atoms with van der Waals surface area (Å²) in [5.74, 6) is -0.616. The Labute approximate surface area is 130 Å². The van der Waals surface area contributed by atoms with Crippen LogP contribution in [0.1, 0.15) is 11.1 Å². The van der Waals surface area contributed by atoms with Crippen LogP contribution in [-0.2, 0) is 12.8 Å². The largest absolute Gasteiger partial charge is 0.497 e. The Hall–Kier alpha value is -1.46. The van der Waals surface area contributed by atoms with Crippen molar-refractivity contribution in [2.24, 2.45) is 0 Å². The Morgan fingerprint density at radius 2 is 1.81 bits per heavy atom. The second-order valence-corrected chi connectivity index (χ2v) is 5.57. The Kier molecular flexibility index (Phi) is 5.31. The van der Waals surface area contributed by atoms with Crippen LogP contribution in [0.25, 0.3) is 0 Å². The predicted octanol–water partition coefficient (Wildman–Crippen LogP) is 3.88. The summed E-state index contributed by atoms with van der Waals surface area (Å²) in [7, 11) is 1.55. The van der Waals surface area contributed by atoms with Crippen molar-refractivity contribution in [1.82, 2.24) is 0 Å². The van der Waals surface area contributed by atoms with E-state index in [1.54, 1.807) is 19.2 Å². The van der Waals surface area contributed by atoms with Gasteiger partial charge in [-0.2, -0.15) is 0 Å². The summed E-state index contributed by atoms with van der Waals surface area (Å²) in [5.41, 5.74) is 0.725. The van der Waals surface area contributed by atoms with Gasteiger partial charge in [0, 0.05) is 16.5 Å². The van der Waals surface area contributed by atoms with Crippen molar-refractivity contribution in [3.63, 3.8) is 0 Å². The van der Waals surface area contributed by atoms with Crippen molar-refractivity contribution >= 4 is 15.9 Å². The van der Waals surface area contributed by atoms with Crippen molar-refractivity contribution in [2.75, 3.05) is 7.11 Å². The predicted molar refractivity (Wildman–Crippen MR) is 80.5 cm³/mol. The Morgan fingerprint density at radius 3 is 2.43 bits per heavy atom. The van der Waals surface area contributed by atoms with Crippen LogP contribution in [0.5, 0.6) is 5.75 Å². The molecule has 0 bridgehead atoms. The van der Waals surface area contributed by atoms with Gasteiger partial charge in [0.25, 0.3) is 0 Å². The van der Waals surface area contributed by atoms with E-state index in [0.29, 0.717) is 5.75 Å². The molecule has 0 aliphatic rings. The first-order valence-corrected chi connectivity index (χ1v) is 7.24. The van der Waals surface area contributed by atoms with E-state index in [0.717, 1.165) is 10.0 Å². The number of rotatable bonds is 5. The SMILES string of the molecule is COc1ccc(Br)c(CC(O)Cc2c(F)cccc2F)c1. The van der Waals surface area contributed by atoms with Crippen LogP contribution in [0.4, 0.5) is 8.78 Å². The van der Waals surface area contributed by atoms with Crippen LogP contribution >= 0.6 is 15.9 Å². The highest BCUT2D eigenvalue weighted by molar-refractivity contribution is 9.10. The van der Waals surface area contributed by atoms with Crippen molar-refractivity contribution in [3.8, 4) is 5.75 Å². The third kappa shape index (κ3) is 4.02. The van der Waals surface area contributed by atoms with E-state index >= 15 is 0 Å². The molecule has 1 atom stereocenters. The lowest BCUT2D eigenvalue weighted by Gasteiger charge is -2.14. The lowest BCUT2D eigenvalue weighted by atomic mass is 10.0. The van der Waals surface area contributed by atoms with Gasteiger partial charge in [0.05, 0.1) is 13.2 Å². The second-order valence-electron chi connectivity index (χ2n) is 4.72. The van der Waals surface area contributed by atoms with Gasteiger partial charge in [-0.1, -0.05) is 22.0 Å². The monoisotopic (exact) mass is 356 g/mol.